The lowest BCUT2D eigenvalue weighted by Crippen LogP contribution is -2.33. The van der Waals surface area contributed by atoms with Crippen LogP contribution in [0.1, 0.15) is 35.6 Å². The molecule has 0 unspecified atom stereocenters. The van der Waals surface area contributed by atoms with Crippen LogP contribution in [0.4, 0.5) is 0 Å². The van der Waals surface area contributed by atoms with Crippen LogP contribution in [-0.4, -0.2) is 34.0 Å². The summed E-state index contributed by atoms with van der Waals surface area (Å²) in [5.41, 5.74) is 2.99. The SMILES string of the molecule is OC[C@@H]1C[C@H](O)C[C@H](c2ccc(Cl)c(Cc3ccc(Oc4ncco4)cc3)c2)O1. The Kier molecular flexibility index (Phi) is 6.16. The molecule has 1 aliphatic heterocycles. The predicted molar refractivity (Wildman–Crippen MR) is 107 cm³/mol. The van der Waals surface area contributed by atoms with Crippen molar-refractivity contribution in [2.45, 2.75) is 37.6 Å². The van der Waals surface area contributed by atoms with Gasteiger partial charge in [-0.2, -0.15) is 4.98 Å². The number of aliphatic hydroxyl groups excluding tert-OH is 2. The zero-order valence-electron chi connectivity index (χ0n) is 15.7. The van der Waals surface area contributed by atoms with Crippen LogP contribution in [-0.2, 0) is 11.2 Å². The second kappa shape index (κ2) is 8.97. The summed E-state index contributed by atoms with van der Waals surface area (Å²) in [6, 6.07) is 13.4. The monoisotopic (exact) mass is 415 g/mol. The van der Waals surface area contributed by atoms with Gasteiger partial charge in [0.2, 0.25) is 0 Å². The van der Waals surface area contributed by atoms with Gasteiger partial charge in [-0.25, -0.2) is 0 Å². The van der Waals surface area contributed by atoms with Crippen molar-refractivity contribution >= 4 is 11.6 Å². The van der Waals surface area contributed by atoms with Crippen LogP contribution in [0.25, 0.3) is 0 Å². The van der Waals surface area contributed by atoms with Gasteiger partial charge < -0.3 is 24.1 Å². The fourth-order valence-electron chi connectivity index (χ4n) is 3.51. The van der Waals surface area contributed by atoms with E-state index >= 15 is 0 Å². The Bertz CT molecular complexity index is 929. The molecule has 4 rings (SSSR count). The number of hydrogen-bond acceptors (Lipinski definition) is 6. The fraction of sp³-hybridized carbons (Fsp3) is 0.318. The molecule has 1 aromatic heterocycles. The standard InChI is InChI=1S/C22H22ClNO5/c23-20-6-3-15(21-12-17(26)11-19(13-25)28-21)10-16(20)9-14-1-4-18(5-2-14)29-22-24-7-8-27-22/h1-8,10,17,19,21,25-26H,9,11-13H2/t17-,19-,21+/m0/s1. The summed E-state index contributed by atoms with van der Waals surface area (Å²) < 4.78 is 16.5. The van der Waals surface area contributed by atoms with Crippen LogP contribution < -0.4 is 4.74 Å². The molecule has 0 amide bonds. The van der Waals surface area contributed by atoms with E-state index in [1.54, 1.807) is 0 Å². The van der Waals surface area contributed by atoms with Crippen molar-refractivity contribution in [3.8, 4) is 11.8 Å². The van der Waals surface area contributed by atoms with Crippen molar-refractivity contribution in [1.82, 2.24) is 4.98 Å². The number of aromatic nitrogens is 1. The van der Waals surface area contributed by atoms with Gasteiger partial charge in [0.15, 0.2) is 0 Å². The minimum atomic E-state index is -0.485. The van der Waals surface area contributed by atoms with Crippen LogP contribution in [0.3, 0.4) is 0 Å². The summed E-state index contributed by atoms with van der Waals surface area (Å²) in [7, 11) is 0. The second-order valence-corrected chi connectivity index (χ2v) is 7.53. The molecule has 1 saturated heterocycles. The van der Waals surface area contributed by atoms with Gasteiger partial charge in [0.25, 0.3) is 0 Å². The first-order chi connectivity index (χ1) is 14.1. The Labute approximate surface area is 173 Å². The molecule has 0 bridgehead atoms. The van der Waals surface area contributed by atoms with Crippen LogP contribution in [0.2, 0.25) is 5.02 Å². The summed E-state index contributed by atoms with van der Waals surface area (Å²) in [5, 5.41) is 20.1. The molecule has 0 spiro atoms. The van der Waals surface area contributed by atoms with Crippen molar-refractivity contribution < 1.29 is 24.1 Å². The van der Waals surface area contributed by atoms with E-state index in [-0.39, 0.29) is 24.9 Å². The maximum atomic E-state index is 10.1. The quantitative estimate of drug-likeness (QED) is 0.625. The largest absolute Gasteiger partial charge is 0.417 e. The topological polar surface area (TPSA) is 85.0 Å². The zero-order chi connectivity index (χ0) is 20.2. The Morgan fingerprint density at radius 2 is 1.97 bits per heavy atom. The van der Waals surface area contributed by atoms with Gasteiger partial charge in [0.05, 0.1) is 31.1 Å². The number of benzene rings is 2. The third-order valence-corrected chi connectivity index (χ3v) is 5.32. The highest BCUT2D eigenvalue weighted by Gasteiger charge is 2.29. The molecule has 6 nitrogen and oxygen atoms in total. The number of aliphatic hydroxyl groups is 2. The number of hydrogen-bond donors (Lipinski definition) is 2. The fourth-order valence-corrected chi connectivity index (χ4v) is 3.69. The van der Waals surface area contributed by atoms with E-state index in [9.17, 15) is 10.2 Å². The van der Waals surface area contributed by atoms with E-state index in [1.165, 1.54) is 12.5 Å². The molecule has 3 aromatic rings. The van der Waals surface area contributed by atoms with E-state index in [2.05, 4.69) is 4.98 Å². The molecule has 2 heterocycles. The first kappa shape index (κ1) is 19.9. The van der Waals surface area contributed by atoms with Crippen LogP contribution in [0, 0.1) is 0 Å². The normalized spacial score (nSPS) is 21.8. The van der Waals surface area contributed by atoms with E-state index in [1.807, 2.05) is 42.5 Å². The highest BCUT2D eigenvalue weighted by Crippen LogP contribution is 2.34. The molecule has 0 radical (unpaired) electrons. The Hall–Kier alpha value is -2.38. The second-order valence-electron chi connectivity index (χ2n) is 7.13. The van der Waals surface area contributed by atoms with E-state index in [0.717, 1.165) is 16.7 Å². The molecule has 7 heteroatoms. The smallest absolute Gasteiger partial charge is 0.399 e. The number of nitrogens with zero attached hydrogens (tertiary/aromatic N) is 1. The minimum Gasteiger partial charge on any atom is -0.417 e. The molecule has 0 aliphatic carbocycles. The van der Waals surface area contributed by atoms with Gasteiger partial charge in [-0.3, -0.25) is 0 Å². The van der Waals surface area contributed by atoms with Gasteiger partial charge in [-0.15, -0.1) is 0 Å². The molecule has 2 aromatic carbocycles. The lowest BCUT2D eigenvalue weighted by molar-refractivity contribution is -0.113. The molecule has 0 saturated carbocycles. The molecule has 3 atom stereocenters. The Morgan fingerprint density at radius 3 is 2.69 bits per heavy atom. The first-order valence-corrected chi connectivity index (χ1v) is 9.87. The van der Waals surface area contributed by atoms with Crippen LogP contribution >= 0.6 is 11.6 Å². The van der Waals surface area contributed by atoms with Crippen molar-refractivity contribution in [2.75, 3.05) is 6.61 Å². The Balaban J connectivity index is 1.48. The summed E-state index contributed by atoms with van der Waals surface area (Å²) in [6.45, 7) is -0.101. The highest BCUT2D eigenvalue weighted by molar-refractivity contribution is 6.31. The van der Waals surface area contributed by atoms with Crippen LogP contribution in [0.15, 0.2) is 59.3 Å². The van der Waals surface area contributed by atoms with Gasteiger partial charge in [-0.1, -0.05) is 35.9 Å². The van der Waals surface area contributed by atoms with Crippen LogP contribution in [0.5, 0.6) is 11.8 Å². The molecule has 1 fully saturated rings. The first-order valence-electron chi connectivity index (χ1n) is 9.49. The van der Waals surface area contributed by atoms with Gasteiger partial charge in [0, 0.05) is 17.9 Å². The highest BCUT2D eigenvalue weighted by atomic mass is 35.5. The minimum absolute atomic E-state index is 0.101. The average Bonchev–Trinajstić information content (AvgIpc) is 3.23. The summed E-state index contributed by atoms with van der Waals surface area (Å²) in [5.74, 6) is 0.635. The molecule has 1 aliphatic rings. The lowest BCUT2D eigenvalue weighted by atomic mass is 9.94. The molecule has 152 valence electrons. The zero-order valence-corrected chi connectivity index (χ0v) is 16.5. The number of oxazole rings is 1. The Morgan fingerprint density at radius 1 is 1.14 bits per heavy atom. The van der Waals surface area contributed by atoms with Crippen molar-refractivity contribution in [3.05, 3.63) is 76.6 Å². The summed E-state index contributed by atoms with van der Waals surface area (Å²) in [6.07, 6.45) is 3.69. The van der Waals surface area contributed by atoms with E-state index in [4.69, 9.17) is 25.5 Å². The third kappa shape index (κ3) is 4.97. The third-order valence-electron chi connectivity index (χ3n) is 4.96. The van der Waals surface area contributed by atoms with E-state index in [0.29, 0.717) is 30.0 Å². The summed E-state index contributed by atoms with van der Waals surface area (Å²) in [4.78, 5) is 3.93. The summed E-state index contributed by atoms with van der Waals surface area (Å²) >= 11 is 6.42. The van der Waals surface area contributed by atoms with Crippen molar-refractivity contribution in [1.29, 1.82) is 0 Å². The number of rotatable bonds is 6. The van der Waals surface area contributed by atoms with Crippen molar-refractivity contribution in [2.24, 2.45) is 0 Å². The molecular weight excluding hydrogens is 394 g/mol. The van der Waals surface area contributed by atoms with Gasteiger partial charge in [-0.05, 0) is 41.3 Å². The lowest BCUT2D eigenvalue weighted by Gasteiger charge is -2.32. The molecule has 29 heavy (non-hydrogen) atoms. The maximum absolute atomic E-state index is 10.1. The predicted octanol–water partition coefficient (Wildman–Crippen LogP) is 4.28. The van der Waals surface area contributed by atoms with Gasteiger partial charge in [0.1, 0.15) is 12.0 Å². The molecular formula is C22H22ClNO5. The van der Waals surface area contributed by atoms with E-state index < -0.39 is 6.10 Å². The number of halogens is 1. The number of ether oxygens (including phenoxy) is 2. The average molecular weight is 416 g/mol. The maximum Gasteiger partial charge on any atom is 0.399 e. The van der Waals surface area contributed by atoms with Gasteiger partial charge >= 0.3 is 6.08 Å². The molecule has 2 N–H and O–H groups in total. The van der Waals surface area contributed by atoms with Crippen molar-refractivity contribution in [3.63, 3.8) is 0 Å².